The van der Waals surface area contributed by atoms with Crippen LogP contribution in [0, 0.1) is 18.3 Å². The van der Waals surface area contributed by atoms with E-state index in [0.717, 1.165) is 25.7 Å². The summed E-state index contributed by atoms with van der Waals surface area (Å²) in [5.41, 5.74) is 0. The van der Waals surface area contributed by atoms with Crippen molar-refractivity contribution in [2.24, 2.45) is 5.92 Å². The molecule has 0 rings (SSSR count). The average molecular weight is 250 g/mol. The lowest BCUT2D eigenvalue weighted by Gasteiger charge is -2.12. The number of hydrogen-bond donors (Lipinski definition) is 0. The molecule has 0 fully saturated rings. The second-order valence-corrected chi connectivity index (χ2v) is 5.26. The Hall–Kier alpha value is -0.770. The molecule has 0 aromatic heterocycles. The number of unbranched alkanes of at least 4 members (excludes halogenated alkanes) is 7. The summed E-state index contributed by atoms with van der Waals surface area (Å²) in [5, 5.41) is 0. The molecule has 0 aromatic rings. The van der Waals surface area contributed by atoms with Gasteiger partial charge in [0.15, 0.2) is 0 Å². The fourth-order valence-electron chi connectivity index (χ4n) is 2.34. The lowest BCUT2D eigenvalue weighted by molar-refractivity contribution is -0.117. The molecule has 0 radical (unpaired) electrons. The van der Waals surface area contributed by atoms with Crippen molar-refractivity contribution in [2.75, 3.05) is 0 Å². The Morgan fingerprint density at radius 3 is 1.78 bits per heavy atom. The summed E-state index contributed by atoms with van der Waals surface area (Å²) in [5.74, 6) is 2.48. The molecule has 1 heteroatoms. The predicted molar refractivity (Wildman–Crippen MR) is 79.5 cm³/mol. The number of Topliss-reactive ketones (excluding diaryl/α,β-unsaturated/α-hetero) is 1. The molecule has 0 aromatic carbocycles. The lowest BCUT2D eigenvalue weighted by Crippen LogP contribution is -2.12. The van der Waals surface area contributed by atoms with Gasteiger partial charge >= 0.3 is 0 Å². The normalized spacial score (nSPS) is 12.1. The van der Waals surface area contributed by atoms with E-state index in [9.17, 15) is 4.79 Å². The minimum absolute atomic E-state index is 0.0296. The van der Waals surface area contributed by atoms with Gasteiger partial charge in [0.2, 0.25) is 5.78 Å². The minimum atomic E-state index is 0.0296. The van der Waals surface area contributed by atoms with Crippen LogP contribution in [-0.4, -0.2) is 5.78 Å². The summed E-state index contributed by atoms with van der Waals surface area (Å²) in [4.78, 5) is 11.7. The SMILES string of the molecule is C#CC(=O)C(CCCCCC)CCCCCCC. The first-order valence-corrected chi connectivity index (χ1v) is 7.76. The Kier molecular flexibility index (Phi) is 12.1. The third-order valence-electron chi connectivity index (χ3n) is 3.58. The summed E-state index contributed by atoms with van der Waals surface area (Å²) in [7, 11) is 0. The maximum Gasteiger partial charge on any atom is 0.208 e. The first-order chi connectivity index (χ1) is 8.76. The highest BCUT2D eigenvalue weighted by molar-refractivity contribution is 5.96. The number of terminal acetylenes is 1. The molecule has 0 aliphatic carbocycles. The zero-order chi connectivity index (χ0) is 13.6. The number of carbonyl (C=O) groups is 1. The molecule has 0 aliphatic heterocycles. The highest BCUT2D eigenvalue weighted by Crippen LogP contribution is 2.19. The number of carbonyl (C=O) groups excluding carboxylic acids is 1. The Bertz CT molecular complexity index is 236. The lowest BCUT2D eigenvalue weighted by atomic mass is 9.91. The molecule has 1 unspecified atom stereocenters. The van der Waals surface area contributed by atoms with E-state index in [0.29, 0.717) is 0 Å². The van der Waals surface area contributed by atoms with Gasteiger partial charge in [-0.1, -0.05) is 71.6 Å². The topological polar surface area (TPSA) is 17.1 Å². The van der Waals surface area contributed by atoms with E-state index in [1.807, 2.05) is 0 Å². The van der Waals surface area contributed by atoms with E-state index in [4.69, 9.17) is 6.42 Å². The molecule has 0 N–H and O–H groups in total. The second-order valence-electron chi connectivity index (χ2n) is 5.26. The Balaban J connectivity index is 3.79. The largest absolute Gasteiger partial charge is 0.285 e. The Labute approximate surface area is 114 Å². The molecular weight excluding hydrogens is 220 g/mol. The van der Waals surface area contributed by atoms with E-state index in [1.165, 1.54) is 44.9 Å². The maximum absolute atomic E-state index is 11.7. The van der Waals surface area contributed by atoms with Gasteiger partial charge < -0.3 is 0 Å². The van der Waals surface area contributed by atoms with Crippen LogP contribution in [0.2, 0.25) is 0 Å². The van der Waals surface area contributed by atoms with Crippen LogP contribution in [-0.2, 0) is 4.79 Å². The summed E-state index contributed by atoms with van der Waals surface area (Å²) in [6, 6.07) is 0. The van der Waals surface area contributed by atoms with Gasteiger partial charge in [0, 0.05) is 5.92 Å². The van der Waals surface area contributed by atoms with Crippen molar-refractivity contribution in [3.8, 4) is 12.3 Å². The highest BCUT2D eigenvalue weighted by Gasteiger charge is 2.15. The summed E-state index contributed by atoms with van der Waals surface area (Å²) >= 11 is 0. The molecule has 0 saturated heterocycles. The van der Waals surface area contributed by atoms with Crippen LogP contribution in [0.15, 0.2) is 0 Å². The van der Waals surface area contributed by atoms with Gasteiger partial charge in [0.1, 0.15) is 0 Å². The molecule has 1 nitrogen and oxygen atoms in total. The summed E-state index contributed by atoms with van der Waals surface area (Å²) in [6.07, 6.45) is 18.4. The number of rotatable bonds is 12. The monoisotopic (exact) mass is 250 g/mol. The fourth-order valence-corrected chi connectivity index (χ4v) is 2.34. The van der Waals surface area contributed by atoms with Crippen LogP contribution < -0.4 is 0 Å². The van der Waals surface area contributed by atoms with E-state index in [-0.39, 0.29) is 11.7 Å². The quantitative estimate of drug-likeness (QED) is 0.266. The zero-order valence-corrected chi connectivity index (χ0v) is 12.3. The first-order valence-electron chi connectivity index (χ1n) is 7.76. The van der Waals surface area contributed by atoms with Gasteiger partial charge in [-0.05, 0) is 18.8 Å². The fraction of sp³-hybridized carbons (Fsp3) is 0.824. The molecule has 0 saturated carbocycles. The van der Waals surface area contributed by atoms with Crippen molar-refractivity contribution in [2.45, 2.75) is 84.5 Å². The molecule has 0 heterocycles. The van der Waals surface area contributed by atoms with Crippen LogP contribution in [0.1, 0.15) is 84.5 Å². The maximum atomic E-state index is 11.7. The molecule has 104 valence electrons. The summed E-state index contributed by atoms with van der Waals surface area (Å²) < 4.78 is 0. The molecule has 1 atom stereocenters. The van der Waals surface area contributed by atoms with Crippen LogP contribution in [0.25, 0.3) is 0 Å². The smallest absolute Gasteiger partial charge is 0.208 e. The third-order valence-corrected chi connectivity index (χ3v) is 3.58. The van der Waals surface area contributed by atoms with Gasteiger partial charge in [0.05, 0.1) is 0 Å². The number of ketones is 1. The molecule has 0 amide bonds. The van der Waals surface area contributed by atoms with Crippen LogP contribution in [0.3, 0.4) is 0 Å². The Morgan fingerprint density at radius 1 is 0.889 bits per heavy atom. The van der Waals surface area contributed by atoms with Gasteiger partial charge in [-0.2, -0.15) is 0 Å². The predicted octanol–water partition coefficient (Wildman–Crippen LogP) is 5.14. The molecule has 0 aliphatic rings. The van der Waals surface area contributed by atoms with Crippen molar-refractivity contribution in [1.82, 2.24) is 0 Å². The first kappa shape index (κ1) is 17.2. The minimum Gasteiger partial charge on any atom is -0.285 e. The third kappa shape index (κ3) is 9.28. The molecule has 18 heavy (non-hydrogen) atoms. The van der Waals surface area contributed by atoms with Crippen LogP contribution >= 0.6 is 0 Å². The van der Waals surface area contributed by atoms with E-state index in [1.54, 1.807) is 0 Å². The van der Waals surface area contributed by atoms with Crippen molar-refractivity contribution in [3.05, 3.63) is 0 Å². The highest BCUT2D eigenvalue weighted by atomic mass is 16.1. The van der Waals surface area contributed by atoms with Gasteiger partial charge in [-0.3, -0.25) is 4.79 Å². The number of hydrogen-bond acceptors (Lipinski definition) is 1. The van der Waals surface area contributed by atoms with Crippen LogP contribution in [0.5, 0.6) is 0 Å². The standard InChI is InChI=1S/C17H30O/c1-4-7-9-11-13-15-16(17(18)6-3)14-12-10-8-5-2/h3,16H,4-5,7-15H2,1-2H3. The summed E-state index contributed by atoms with van der Waals surface area (Å²) in [6.45, 7) is 4.43. The van der Waals surface area contributed by atoms with Crippen molar-refractivity contribution in [3.63, 3.8) is 0 Å². The molecule has 0 bridgehead atoms. The zero-order valence-electron chi connectivity index (χ0n) is 12.3. The average Bonchev–Trinajstić information content (AvgIpc) is 2.40. The molecular formula is C17H30O. The van der Waals surface area contributed by atoms with E-state index in [2.05, 4.69) is 19.8 Å². The van der Waals surface area contributed by atoms with Crippen molar-refractivity contribution < 1.29 is 4.79 Å². The van der Waals surface area contributed by atoms with Gasteiger partial charge in [0.25, 0.3) is 0 Å². The van der Waals surface area contributed by atoms with E-state index >= 15 is 0 Å². The van der Waals surface area contributed by atoms with Crippen LogP contribution in [0.4, 0.5) is 0 Å². The van der Waals surface area contributed by atoms with Crippen molar-refractivity contribution in [1.29, 1.82) is 0 Å². The van der Waals surface area contributed by atoms with Crippen molar-refractivity contribution >= 4 is 5.78 Å². The Morgan fingerprint density at radius 2 is 1.33 bits per heavy atom. The second kappa shape index (κ2) is 12.7. The molecule has 0 spiro atoms. The van der Waals surface area contributed by atoms with Gasteiger partial charge in [-0.15, -0.1) is 6.42 Å². The van der Waals surface area contributed by atoms with Gasteiger partial charge in [-0.25, -0.2) is 0 Å². The van der Waals surface area contributed by atoms with E-state index < -0.39 is 0 Å².